The SMILES string of the molecule is NC(=O)c1cnc2c(c1)N=CCO2. The van der Waals surface area contributed by atoms with Gasteiger partial charge in [-0.2, -0.15) is 0 Å². The number of carbonyl (C=O) groups is 1. The third kappa shape index (κ3) is 1.35. The molecule has 0 radical (unpaired) electrons. The highest BCUT2D eigenvalue weighted by atomic mass is 16.5. The molecular formula is C8H7N3O2. The maximum absolute atomic E-state index is 10.8. The molecule has 5 heteroatoms. The number of aliphatic imine (C=N–C) groups is 1. The monoisotopic (exact) mass is 177 g/mol. The number of pyridine rings is 1. The van der Waals surface area contributed by atoms with Crippen molar-refractivity contribution < 1.29 is 9.53 Å². The van der Waals surface area contributed by atoms with Crippen LogP contribution in [0.2, 0.25) is 0 Å². The first kappa shape index (κ1) is 7.72. The maximum atomic E-state index is 10.8. The molecule has 2 rings (SSSR count). The van der Waals surface area contributed by atoms with Gasteiger partial charge in [-0.1, -0.05) is 0 Å². The van der Waals surface area contributed by atoms with Crippen LogP contribution in [0.5, 0.6) is 5.88 Å². The van der Waals surface area contributed by atoms with Crippen molar-refractivity contribution in [3.8, 4) is 5.88 Å². The standard InChI is InChI=1S/C8H7N3O2/c9-7(12)5-3-6-8(11-4-5)13-2-1-10-6/h1,3-4H,2H2,(H2,9,12). The Bertz CT molecular complexity index is 387. The lowest BCUT2D eigenvalue weighted by atomic mass is 10.2. The number of nitrogens with two attached hydrogens (primary N) is 1. The molecule has 0 fully saturated rings. The maximum Gasteiger partial charge on any atom is 0.250 e. The Labute approximate surface area is 74.3 Å². The average Bonchev–Trinajstić information content (AvgIpc) is 2.17. The Morgan fingerprint density at radius 2 is 2.46 bits per heavy atom. The quantitative estimate of drug-likeness (QED) is 0.669. The summed E-state index contributed by atoms with van der Waals surface area (Å²) in [6.45, 7) is 0.413. The number of hydrogen-bond acceptors (Lipinski definition) is 4. The van der Waals surface area contributed by atoms with E-state index in [2.05, 4.69) is 9.98 Å². The molecule has 66 valence electrons. The fourth-order valence-electron chi connectivity index (χ4n) is 1.03. The van der Waals surface area contributed by atoms with Crippen molar-refractivity contribution >= 4 is 17.8 Å². The van der Waals surface area contributed by atoms with Crippen LogP contribution in [0.15, 0.2) is 17.3 Å². The predicted octanol–water partition coefficient (Wildman–Crippen LogP) is 0.275. The third-order valence-corrected chi connectivity index (χ3v) is 1.64. The number of fused-ring (bicyclic) bond motifs is 1. The van der Waals surface area contributed by atoms with Gasteiger partial charge in [0.25, 0.3) is 0 Å². The molecule has 0 aromatic carbocycles. The van der Waals surface area contributed by atoms with Gasteiger partial charge in [0.2, 0.25) is 11.8 Å². The Balaban J connectivity index is 2.48. The second kappa shape index (κ2) is 2.85. The van der Waals surface area contributed by atoms with Gasteiger partial charge in [-0.3, -0.25) is 9.79 Å². The number of aromatic nitrogens is 1. The number of amides is 1. The highest BCUT2D eigenvalue weighted by Gasteiger charge is 2.10. The molecule has 13 heavy (non-hydrogen) atoms. The number of primary amides is 1. The molecule has 1 amide bonds. The van der Waals surface area contributed by atoms with Crippen molar-refractivity contribution in [2.24, 2.45) is 10.7 Å². The molecule has 2 N–H and O–H groups in total. The third-order valence-electron chi connectivity index (χ3n) is 1.64. The largest absolute Gasteiger partial charge is 0.470 e. The topological polar surface area (TPSA) is 77.6 Å². The van der Waals surface area contributed by atoms with Crippen LogP contribution in [0.4, 0.5) is 5.69 Å². The van der Waals surface area contributed by atoms with E-state index >= 15 is 0 Å². The zero-order valence-electron chi connectivity index (χ0n) is 6.73. The van der Waals surface area contributed by atoms with Gasteiger partial charge in [-0.25, -0.2) is 4.98 Å². The first-order chi connectivity index (χ1) is 6.27. The van der Waals surface area contributed by atoms with Gasteiger partial charge in [0, 0.05) is 12.4 Å². The Morgan fingerprint density at radius 3 is 3.23 bits per heavy atom. The van der Waals surface area contributed by atoms with E-state index in [1.54, 1.807) is 12.3 Å². The number of rotatable bonds is 1. The Morgan fingerprint density at radius 1 is 1.62 bits per heavy atom. The number of hydrogen-bond donors (Lipinski definition) is 1. The zero-order valence-corrected chi connectivity index (χ0v) is 6.73. The first-order valence-electron chi connectivity index (χ1n) is 3.72. The van der Waals surface area contributed by atoms with Crippen molar-refractivity contribution in [2.75, 3.05) is 6.61 Å². The molecule has 2 heterocycles. The van der Waals surface area contributed by atoms with E-state index in [-0.39, 0.29) is 0 Å². The second-order valence-electron chi connectivity index (χ2n) is 2.54. The molecule has 0 atom stereocenters. The van der Waals surface area contributed by atoms with E-state index in [0.29, 0.717) is 23.7 Å². The van der Waals surface area contributed by atoms with Gasteiger partial charge in [0.05, 0.1) is 5.56 Å². The van der Waals surface area contributed by atoms with Crippen LogP contribution in [0.25, 0.3) is 0 Å². The van der Waals surface area contributed by atoms with Crippen LogP contribution in [0, 0.1) is 0 Å². The highest BCUT2D eigenvalue weighted by Crippen LogP contribution is 2.27. The summed E-state index contributed by atoms with van der Waals surface area (Å²) < 4.78 is 5.15. The summed E-state index contributed by atoms with van der Waals surface area (Å²) in [5.74, 6) is -0.0800. The van der Waals surface area contributed by atoms with Gasteiger partial charge in [0.15, 0.2) is 0 Å². The van der Waals surface area contributed by atoms with Crippen molar-refractivity contribution in [3.05, 3.63) is 17.8 Å². The van der Waals surface area contributed by atoms with Crippen molar-refractivity contribution in [1.29, 1.82) is 0 Å². The van der Waals surface area contributed by atoms with Gasteiger partial charge in [0.1, 0.15) is 12.3 Å². The van der Waals surface area contributed by atoms with Gasteiger partial charge >= 0.3 is 0 Å². The minimum absolute atomic E-state index is 0.335. The minimum Gasteiger partial charge on any atom is -0.470 e. The van der Waals surface area contributed by atoms with Gasteiger partial charge in [-0.05, 0) is 6.07 Å². The van der Waals surface area contributed by atoms with Crippen LogP contribution >= 0.6 is 0 Å². The van der Waals surface area contributed by atoms with Crippen LogP contribution in [-0.4, -0.2) is 23.7 Å². The number of carbonyl (C=O) groups excluding carboxylic acids is 1. The Hall–Kier alpha value is -1.91. The fraction of sp³-hybridized carbons (Fsp3) is 0.125. The zero-order chi connectivity index (χ0) is 9.26. The molecule has 0 saturated heterocycles. The summed E-state index contributed by atoms with van der Waals surface area (Å²) in [5, 5.41) is 0. The van der Waals surface area contributed by atoms with Crippen LogP contribution in [0.1, 0.15) is 10.4 Å². The summed E-state index contributed by atoms with van der Waals surface area (Å²) in [4.78, 5) is 18.7. The molecule has 0 spiro atoms. The van der Waals surface area contributed by atoms with E-state index < -0.39 is 5.91 Å². The smallest absolute Gasteiger partial charge is 0.250 e. The molecule has 0 bridgehead atoms. The first-order valence-corrected chi connectivity index (χ1v) is 3.72. The van der Waals surface area contributed by atoms with Crippen molar-refractivity contribution in [2.45, 2.75) is 0 Å². The molecule has 0 saturated carbocycles. The van der Waals surface area contributed by atoms with Crippen molar-refractivity contribution in [1.82, 2.24) is 4.98 Å². The second-order valence-corrected chi connectivity index (χ2v) is 2.54. The van der Waals surface area contributed by atoms with Gasteiger partial charge in [-0.15, -0.1) is 0 Å². The Kier molecular flexibility index (Phi) is 1.70. The summed E-state index contributed by atoms with van der Waals surface area (Å²) in [6, 6.07) is 1.56. The summed E-state index contributed by atoms with van der Waals surface area (Å²) in [5.41, 5.74) is 5.95. The fourth-order valence-corrected chi connectivity index (χ4v) is 1.03. The van der Waals surface area contributed by atoms with Crippen molar-refractivity contribution in [3.63, 3.8) is 0 Å². The van der Waals surface area contributed by atoms with Crippen LogP contribution < -0.4 is 10.5 Å². The molecule has 1 aliphatic heterocycles. The van der Waals surface area contributed by atoms with E-state index in [1.807, 2.05) is 0 Å². The molecule has 1 aromatic heterocycles. The normalized spacial score (nSPS) is 13.2. The number of nitrogens with zero attached hydrogens (tertiary/aromatic N) is 2. The highest BCUT2D eigenvalue weighted by molar-refractivity contribution is 5.93. The summed E-state index contributed by atoms with van der Waals surface area (Å²) >= 11 is 0. The predicted molar refractivity (Wildman–Crippen MR) is 46.4 cm³/mol. The lowest BCUT2D eigenvalue weighted by Gasteiger charge is -2.09. The van der Waals surface area contributed by atoms with E-state index in [4.69, 9.17) is 10.5 Å². The average molecular weight is 177 g/mol. The van der Waals surface area contributed by atoms with Crippen LogP contribution in [-0.2, 0) is 0 Å². The molecule has 5 nitrogen and oxygen atoms in total. The summed E-state index contributed by atoms with van der Waals surface area (Å²) in [6.07, 6.45) is 2.98. The van der Waals surface area contributed by atoms with E-state index in [1.165, 1.54) is 6.20 Å². The van der Waals surface area contributed by atoms with Crippen LogP contribution in [0.3, 0.4) is 0 Å². The molecule has 0 aliphatic carbocycles. The number of ether oxygens (including phenoxy) is 1. The molecule has 0 unspecified atom stereocenters. The van der Waals surface area contributed by atoms with E-state index in [0.717, 1.165) is 0 Å². The molecular weight excluding hydrogens is 170 g/mol. The summed E-state index contributed by atoms with van der Waals surface area (Å²) in [7, 11) is 0. The lowest BCUT2D eigenvalue weighted by molar-refractivity contribution is 0.1000. The minimum atomic E-state index is -0.518. The molecule has 1 aliphatic rings. The van der Waals surface area contributed by atoms with Gasteiger partial charge < -0.3 is 10.5 Å². The molecule has 1 aromatic rings. The van der Waals surface area contributed by atoms with E-state index in [9.17, 15) is 4.79 Å². The lowest BCUT2D eigenvalue weighted by Crippen LogP contribution is -2.12.